The summed E-state index contributed by atoms with van der Waals surface area (Å²) in [5.41, 5.74) is -0.558. The molecule has 0 fully saturated rings. The van der Waals surface area contributed by atoms with Gasteiger partial charge in [0, 0.05) is 13.2 Å². The van der Waals surface area contributed by atoms with E-state index < -0.39 is 10.6 Å². The topological polar surface area (TPSA) is 107 Å². The molecule has 0 spiro atoms. The Morgan fingerprint density at radius 1 is 1.61 bits per heavy atom. The Labute approximate surface area is 101 Å². The third-order valence-electron chi connectivity index (χ3n) is 2.09. The number of hydrogen-bond acceptors (Lipinski definition) is 6. The van der Waals surface area contributed by atoms with Crippen LogP contribution in [0.2, 0.25) is 0 Å². The van der Waals surface area contributed by atoms with Crippen molar-refractivity contribution in [1.82, 2.24) is 14.8 Å². The Morgan fingerprint density at radius 2 is 2.39 bits per heavy atom. The van der Waals surface area contributed by atoms with Crippen LogP contribution in [0.15, 0.2) is 24.7 Å². The normalized spacial score (nSPS) is 9.78. The van der Waals surface area contributed by atoms with Crippen LogP contribution in [0, 0.1) is 21.4 Å². The molecule has 0 aliphatic heterocycles. The molecular weight excluding hydrogens is 238 g/mol. The number of rotatable bonds is 3. The van der Waals surface area contributed by atoms with Gasteiger partial charge in [-0.1, -0.05) is 0 Å². The van der Waals surface area contributed by atoms with E-state index in [1.807, 2.05) is 0 Å². The van der Waals surface area contributed by atoms with Gasteiger partial charge in [-0.15, -0.1) is 0 Å². The van der Waals surface area contributed by atoms with Crippen LogP contribution < -0.4 is 4.74 Å². The molecule has 0 atom stereocenters. The number of pyridine rings is 1. The van der Waals surface area contributed by atoms with Crippen LogP contribution in [0.5, 0.6) is 11.6 Å². The summed E-state index contributed by atoms with van der Waals surface area (Å²) in [6, 6.07) is 2.98. The van der Waals surface area contributed by atoms with Crippen LogP contribution in [0.1, 0.15) is 5.56 Å². The van der Waals surface area contributed by atoms with Crippen molar-refractivity contribution in [3.8, 4) is 17.7 Å². The smallest absolute Gasteiger partial charge is 0.348 e. The molecule has 0 amide bonds. The van der Waals surface area contributed by atoms with Gasteiger partial charge in [0.2, 0.25) is 0 Å². The second-order valence-electron chi connectivity index (χ2n) is 3.33. The fraction of sp³-hybridized carbons (Fsp3) is 0.100. The lowest BCUT2D eigenvalue weighted by Crippen LogP contribution is -1.98. The van der Waals surface area contributed by atoms with E-state index in [0.717, 1.165) is 0 Å². The Hall–Kier alpha value is -2.95. The number of hydrogen-bond donors (Lipinski definition) is 0. The lowest BCUT2D eigenvalue weighted by atomic mass is 10.2. The van der Waals surface area contributed by atoms with E-state index in [-0.39, 0.29) is 11.4 Å². The highest BCUT2D eigenvalue weighted by Crippen LogP contribution is 2.31. The minimum absolute atomic E-state index is 0.103. The van der Waals surface area contributed by atoms with Crippen molar-refractivity contribution in [1.29, 1.82) is 5.26 Å². The summed E-state index contributed by atoms with van der Waals surface area (Å²) < 4.78 is 6.73. The lowest BCUT2D eigenvalue weighted by molar-refractivity contribution is -0.386. The van der Waals surface area contributed by atoms with Gasteiger partial charge in [-0.3, -0.25) is 14.8 Å². The molecule has 2 heterocycles. The molecule has 0 saturated heterocycles. The minimum atomic E-state index is -0.697. The molecule has 2 aromatic heterocycles. The molecule has 0 aliphatic rings. The largest absolute Gasteiger partial charge is 0.430 e. The molecule has 0 aromatic carbocycles. The fourth-order valence-corrected chi connectivity index (χ4v) is 1.34. The average Bonchev–Trinajstić information content (AvgIpc) is 2.74. The maximum absolute atomic E-state index is 10.9. The van der Waals surface area contributed by atoms with E-state index in [9.17, 15) is 10.1 Å². The zero-order valence-electron chi connectivity index (χ0n) is 9.27. The van der Waals surface area contributed by atoms with E-state index >= 15 is 0 Å². The Bertz CT molecular complexity index is 643. The average molecular weight is 245 g/mol. The van der Waals surface area contributed by atoms with Crippen molar-refractivity contribution >= 4 is 5.69 Å². The maximum Gasteiger partial charge on any atom is 0.348 e. The van der Waals surface area contributed by atoms with Crippen molar-refractivity contribution < 1.29 is 9.66 Å². The first-order valence-electron chi connectivity index (χ1n) is 4.82. The monoisotopic (exact) mass is 245 g/mol. The number of nitro groups is 1. The summed E-state index contributed by atoms with van der Waals surface area (Å²) >= 11 is 0. The standard InChI is InChI=1S/C10H7N5O3/c1-14-6-8(5-13-14)18-10-9(15(16)17)7(4-11)2-3-12-10/h2-3,5-6H,1H3. The van der Waals surface area contributed by atoms with Crippen LogP contribution >= 0.6 is 0 Å². The van der Waals surface area contributed by atoms with Crippen molar-refractivity contribution in [2.24, 2.45) is 7.05 Å². The fourth-order valence-electron chi connectivity index (χ4n) is 1.34. The SMILES string of the molecule is Cn1cc(Oc2nccc(C#N)c2[N+](=O)[O-])cn1. The van der Waals surface area contributed by atoms with Crippen LogP contribution in [0.4, 0.5) is 5.69 Å². The zero-order valence-corrected chi connectivity index (χ0v) is 9.27. The molecule has 0 bridgehead atoms. The van der Waals surface area contributed by atoms with Crippen molar-refractivity contribution in [2.75, 3.05) is 0 Å². The Balaban J connectivity index is 2.45. The van der Waals surface area contributed by atoms with Crippen LogP contribution in [-0.2, 0) is 7.05 Å². The second-order valence-corrected chi connectivity index (χ2v) is 3.33. The third kappa shape index (κ3) is 2.10. The second kappa shape index (κ2) is 4.50. The van der Waals surface area contributed by atoms with Crippen LogP contribution in [0.3, 0.4) is 0 Å². The number of aryl methyl sites for hydroxylation is 1. The third-order valence-corrected chi connectivity index (χ3v) is 2.09. The first-order valence-corrected chi connectivity index (χ1v) is 4.82. The molecule has 0 aliphatic carbocycles. The molecule has 2 aromatic rings. The van der Waals surface area contributed by atoms with Gasteiger partial charge in [0.15, 0.2) is 5.75 Å². The maximum atomic E-state index is 10.9. The van der Waals surface area contributed by atoms with Gasteiger partial charge in [0.1, 0.15) is 11.6 Å². The summed E-state index contributed by atoms with van der Waals surface area (Å²) in [6.07, 6.45) is 4.20. The molecule has 0 unspecified atom stereocenters. The summed E-state index contributed by atoms with van der Waals surface area (Å²) in [7, 11) is 1.68. The first kappa shape index (κ1) is 11.5. The van der Waals surface area contributed by atoms with Gasteiger partial charge >= 0.3 is 11.6 Å². The van der Waals surface area contributed by atoms with Crippen LogP contribution in [-0.4, -0.2) is 19.7 Å². The molecule has 0 saturated carbocycles. The molecule has 90 valence electrons. The Kier molecular flexibility index (Phi) is 2.89. The van der Waals surface area contributed by atoms with E-state index in [4.69, 9.17) is 10.00 Å². The van der Waals surface area contributed by atoms with Gasteiger partial charge < -0.3 is 4.74 Å². The first-order chi connectivity index (χ1) is 8.61. The quantitative estimate of drug-likeness (QED) is 0.597. The molecular formula is C10H7N5O3. The molecule has 0 N–H and O–H groups in total. The summed E-state index contributed by atoms with van der Waals surface area (Å²) in [6.45, 7) is 0. The van der Waals surface area contributed by atoms with Gasteiger partial charge in [-0.25, -0.2) is 4.98 Å². The lowest BCUT2D eigenvalue weighted by Gasteiger charge is -2.02. The van der Waals surface area contributed by atoms with Gasteiger partial charge in [-0.05, 0) is 6.07 Å². The highest BCUT2D eigenvalue weighted by molar-refractivity contribution is 5.55. The van der Waals surface area contributed by atoms with Crippen molar-refractivity contribution in [3.63, 3.8) is 0 Å². The van der Waals surface area contributed by atoms with E-state index in [0.29, 0.717) is 5.75 Å². The molecule has 0 radical (unpaired) electrons. The molecule has 2 rings (SSSR count). The number of aromatic nitrogens is 3. The van der Waals surface area contributed by atoms with Crippen LogP contribution in [0.25, 0.3) is 0 Å². The van der Waals surface area contributed by atoms with Gasteiger partial charge in [-0.2, -0.15) is 10.4 Å². The van der Waals surface area contributed by atoms with E-state index in [2.05, 4.69) is 10.1 Å². The summed E-state index contributed by atoms with van der Waals surface area (Å²) in [4.78, 5) is 14.0. The number of ether oxygens (including phenoxy) is 1. The number of nitrogens with zero attached hydrogens (tertiary/aromatic N) is 5. The minimum Gasteiger partial charge on any atom is -0.430 e. The highest BCUT2D eigenvalue weighted by Gasteiger charge is 2.23. The van der Waals surface area contributed by atoms with Gasteiger partial charge in [0.05, 0.1) is 17.3 Å². The zero-order chi connectivity index (χ0) is 13.1. The summed E-state index contributed by atoms with van der Waals surface area (Å²) in [5, 5.41) is 23.6. The predicted octanol–water partition coefficient (Wildman–Crippen LogP) is 1.39. The molecule has 8 nitrogen and oxygen atoms in total. The predicted molar refractivity (Wildman–Crippen MR) is 58.9 cm³/mol. The Morgan fingerprint density at radius 3 is 2.94 bits per heavy atom. The molecule has 8 heteroatoms. The molecule has 18 heavy (non-hydrogen) atoms. The van der Waals surface area contributed by atoms with Crippen molar-refractivity contribution in [2.45, 2.75) is 0 Å². The van der Waals surface area contributed by atoms with E-state index in [1.54, 1.807) is 13.1 Å². The van der Waals surface area contributed by atoms with Gasteiger partial charge in [0.25, 0.3) is 0 Å². The summed E-state index contributed by atoms with van der Waals surface area (Å²) in [5.74, 6) is 0.0789. The highest BCUT2D eigenvalue weighted by atomic mass is 16.6. The van der Waals surface area contributed by atoms with E-state index in [1.165, 1.54) is 29.3 Å². The number of nitriles is 1. The van der Waals surface area contributed by atoms with Crippen molar-refractivity contribution in [3.05, 3.63) is 40.3 Å².